The fraction of sp³-hybridized carbons (Fsp3) is 0.927. The lowest BCUT2D eigenvalue weighted by Gasteiger charge is -2.22. The zero-order valence-corrected chi connectivity index (χ0v) is 41.2. The number of carbonyl (C=O) groups is 2. The van der Waals surface area contributed by atoms with E-state index < -0.39 is 12.1 Å². The SMILES string of the molecule is CCCCCC/C=C\CCCCCCCC(=O)OCCCCCCCCCCCCCCCC(=O)NC(CO)C(O)CCCCCCCCCCCCCCCCCCCC. The number of amides is 1. The molecule has 0 bridgehead atoms. The van der Waals surface area contributed by atoms with Gasteiger partial charge < -0.3 is 20.3 Å². The van der Waals surface area contributed by atoms with Gasteiger partial charge in [0.2, 0.25) is 5.91 Å². The summed E-state index contributed by atoms with van der Waals surface area (Å²) < 4.78 is 5.45. The largest absolute Gasteiger partial charge is 0.466 e. The second-order valence-electron chi connectivity index (χ2n) is 18.9. The van der Waals surface area contributed by atoms with Crippen LogP contribution in [0.15, 0.2) is 12.2 Å². The number of hydrogen-bond acceptors (Lipinski definition) is 5. The van der Waals surface area contributed by atoms with Crippen LogP contribution in [-0.2, 0) is 14.3 Å². The fourth-order valence-electron chi connectivity index (χ4n) is 8.58. The van der Waals surface area contributed by atoms with Crippen LogP contribution in [0.4, 0.5) is 0 Å². The van der Waals surface area contributed by atoms with Gasteiger partial charge in [-0.05, 0) is 51.4 Å². The number of allylic oxidation sites excluding steroid dienone is 2. The van der Waals surface area contributed by atoms with Gasteiger partial charge in [0, 0.05) is 12.8 Å². The predicted molar refractivity (Wildman–Crippen MR) is 264 cm³/mol. The molecule has 61 heavy (non-hydrogen) atoms. The van der Waals surface area contributed by atoms with Gasteiger partial charge in [-0.25, -0.2) is 0 Å². The van der Waals surface area contributed by atoms with E-state index in [1.54, 1.807) is 0 Å². The molecule has 0 rings (SSSR count). The maximum absolute atomic E-state index is 12.5. The Morgan fingerprint density at radius 3 is 1.18 bits per heavy atom. The third-order valence-electron chi connectivity index (χ3n) is 12.8. The highest BCUT2D eigenvalue weighted by Gasteiger charge is 2.20. The zero-order chi connectivity index (χ0) is 44.4. The van der Waals surface area contributed by atoms with Crippen LogP contribution in [0.2, 0.25) is 0 Å². The molecule has 0 aromatic heterocycles. The first-order chi connectivity index (χ1) is 30.0. The number of nitrogens with one attached hydrogen (secondary N) is 1. The van der Waals surface area contributed by atoms with E-state index in [4.69, 9.17) is 4.74 Å². The molecular formula is C55H107NO5. The molecule has 362 valence electrons. The Balaban J connectivity index is 3.45. The van der Waals surface area contributed by atoms with Gasteiger partial charge in [-0.15, -0.1) is 0 Å². The van der Waals surface area contributed by atoms with Crippen LogP contribution >= 0.6 is 0 Å². The molecule has 6 nitrogen and oxygen atoms in total. The molecule has 0 aromatic carbocycles. The lowest BCUT2D eigenvalue weighted by atomic mass is 10.0. The van der Waals surface area contributed by atoms with E-state index in [0.717, 1.165) is 51.4 Å². The van der Waals surface area contributed by atoms with E-state index in [1.807, 2.05) is 0 Å². The number of esters is 1. The number of rotatable bonds is 51. The fourth-order valence-corrected chi connectivity index (χ4v) is 8.58. The second kappa shape index (κ2) is 51.2. The van der Waals surface area contributed by atoms with Gasteiger partial charge in [-0.2, -0.15) is 0 Å². The van der Waals surface area contributed by atoms with Crippen molar-refractivity contribution in [1.29, 1.82) is 0 Å². The highest BCUT2D eigenvalue weighted by atomic mass is 16.5. The summed E-state index contributed by atoms with van der Waals surface area (Å²) in [5.74, 6) is -0.0598. The monoisotopic (exact) mass is 862 g/mol. The predicted octanol–water partition coefficient (Wildman–Crippen LogP) is 16.5. The first-order valence-corrected chi connectivity index (χ1v) is 27.4. The minimum absolute atomic E-state index is 0.0140. The van der Waals surface area contributed by atoms with Crippen LogP contribution < -0.4 is 5.32 Å². The average Bonchev–Trinajstić information content (AvgIpc) is 3.26. The lowest BCUT2D eigenvalue weighted by Crippen LogP contribution is -2.45. The average molecular weight is 862 g/mol. The number of carbonyl (C=O) groups excluding carboxylic acids is 2. The van der Waals surface area contributed by atoms with Crippen LogP contribution in [0, 0.1) is 0 Å². The molecular weight excluding hydrogens is 755 g/mol. The van der Waals surface area contributed by atoms with Crippen molar-refractivity contribution in [2.24, 2.45) is 0 Å². The first-order valence-electron chi connectivity index (χ1n) is 27.4. The molecule has 1 amide bonds. The molecule has 3 N–H and O–H groups in total. The van der Waals surface area contributed by atoms with E-state index in [-0.39, 0.29) is 18.5 Å². The Kier molecular flexibility index (Phi) is 50.1. The molecule has 0 aliphatic heterocycles. The Morgan fingerprint density at radius 1 is 0.443 bits per heavy atom. The zero-order valence-electron chi connectivity index (χ0n) is 41.2. The molecule has 0 fully saturated rings. The Hall–Kier alpha value is -1.40. The summed E-state index contributed by atoms with van der Waals surface area (Å²) >= 11 is 0. The summed E-state index contributed by atoms with van der Waals surface area (Å²) in [5.41, 5.74) is 0. The van der Waals surface area contributed by atoms with E-state index in [1.165, 1.54) is 218 Å². The number of hydrogen-bond donors (Lipinski definition) is 3. The quantitative estimate of drug-likeness (QED) is 0.0322. The van der Waals surface area contributed by atoms with Crippen molar-refractivity contribution in [1.82, 2.24) is 5.32 Å². The van der Waals surface area contributed by atoms with Crippen LogP contribution in [0.25, 0.3) is 0 Å². The summed E-state index contributed by atoms with van der Waals surface area (Å²) in [4.78, 5) is 24.5. The lowest BCUT2D eigenvalue weighted by molar-refractivity contribution is -0.143. The molecule has 0 saturated carbocycles. The smallest absolute Gasteiger partial charge is 0.305 e. The van der Waals surface area contributed by atoms with Gasteiger partial charge >= 0.3 is 5.97 Å². The third kappa shape index (κ3) is 47.9. The molecule has 0 spiro atoms. The van der Waals surface area contributed by atoms with Crippen molar-refractivity contribution in [3.8, 4) is 0 Å². The summed E-state index contributed by atoms with van der Waals surface area (Å²) in [6, 6.07) is -0.551. The molecule has 0 aromatic rings. The van der Waals surface area contributed by atoms with Gasteiger partial charge in [0.15, 0.2) is 0 Å². The molecule has 0 saturated heterocycles. The highest BCUT2D eigenvalue weighted by Crippen LogP contribution is 2.17. The van der Waals surface area contributed by atoms with E-state index in [2.05, 4.69) is 31.3 Å². The summed E-state index contributed by atoms with van der Waals surface area (Å²) in [5, 5.41) is 23.3. The van der Waals surface area contributed by atoms with Crippen molar-refractivity contribution in [3.05, 3.63) is 12.2 Å². The summed E-state index contributed by atoms with van der Waals surface area (Å²) in [7, 11) is 0. The standard InChI is InChI=1S/C55H107NO5/c1-3-5-7-9-11-13-15-17-18-19-20-21-24-27-31-35-39-43-47-53(58)52(51-57)56-54(59)48-44-40-36-32-28-25-22-26-30-34-38-42-46-50-61-55(60)49-45-41-37-33-29-23-16-14-12-10-8-6-4-2/h14,16,52-53,57-58H,3-13,15,17-51H2,1-2H3,(H,56,59)/b16-14-. The van der Waals surface area contributed by atoms with Crippen molar-refractivity contribution >= 4 is 11.9 Å². The van der Waals surface area contributed by atoms with Crippen molar-refractivity contribution in [2.45, 2.75) is 315 Å². The van der Waals surface area contributed by atoms with E-state index in [9.17, 15) is 19.8 Å². The number of aliphatic hydroxyl groups excluding tert-OH is 2. The van der Waals surface area contributed by atoms with Crippen LogP contribution in [0.1, 0.15) is 303 Å². The maximum atomic E-state index is 12.5. The summed E-state index contributed by atoms with van der Waals surface area (Å²) in [6.45, 7) is 4.92. The topological polar surface area (TPSA) is 95.9 Å². The maximum Gasteiger partial charge on any atom is 0.305 e. The van der Waals surface area contributed by atoms with Crippen LogP contribution in [0.3, 0.4) is 0 Å². The van der Waals surface area contributed by atoms with Crippen molar-refractivity contribution in [2.75, 3.05) is 13.2 Å². The molecule has 0 aliphatic rings. The van der Waals surface area contributed by atoms with Crippen molar-refractivity contribution in [3.63, 3.8) is 0 Å². The Morgan fingerprint density at radius 2 is 0.770 bits per heavy atom. The van der Waals surface area contributed by atoms with Crippen LogP contribution in [-0.4, -0.2) is 47.4 Å². The highest BCUT2D eigenvalue weighted by molar-refractivity contribution is 5.76. The molecule has 0 radical (unpaired) electrons. The second-order valence-corrected chi connectivity index (χ2v) is 18.9. The van der Waals surface area contributed by atoms with Crippen molar-refractivity contribution < 1.29 is 24.5 Å². The molecule has 6 heteroatoms. The molecule has 0 heterocycles. The third-order valence-corrected chi connectivity index (χ3v) is 12.8. The van der Waals surface area contributed by atoms with Gasteiger partial charge in [0.05, 0.1) is 25.4 Å². The number of ether oxygens (including phenoxy) is 1. The number of unbranched alkanes of at least 4 members (excludes halogenated alkanes) is 38. The van der Waals surface area contributed by atoms with Gasteiger partial charge in [0.25, 0.3) is 0 Å². The first kappa shape index (κ1) is 59.6. The van der Waals surface area contributed by atoms with Gasteiger partial charge in [-0.3, -0.25) is 9.59 Å². The normalized spacial score (nSPS) is 12.7. The minimum atomic E-state index is -0.672. The summed E-state index contributed by atoms with van der Waals surface area (Å²) in [6.07, 6.45) is 59.0. The van der Waals surface area contributed by atoms with Crippen LogP contribution in [0.5, 0.6) is 0 Å². The number of aliphatic hydroxyl groups is 2. The Labute approximate surface area is 380 Å². The molecule has 2 atom stereocenters. The van der Waals surface area contributed by atoms with E-state index in [0.29, 0.717) is 25.9 Å². The Bertz CT molecular complexity index is 909. The minimum Gasteiger partial charge on any atom is -0.466 e. The molecule has 0 aliphatic carbocycles. The van der Waals surface area contributed by atoms with Gasteiger partial charge in [-0.1, -0.05) is 251 Å². The molecule has 2 unspecified atom stereocenters. The van der Waals surface area contributed by atoms with E-state index >= 15 is 0 Å². The van der Waals surface area contributed by atoms with Gasteiger partial charge in [0.1, 0.15) is 0 Å².